The third-order valence-electron chi connectivity index (χ3n) is 13.2. The van der Waals surface area contributed by atoms with E-state index in [0.29, 0.717) is 32.8 Å². The van der Waals surface area contributed by atoms with E-state index in [1.807, 2.05) is 29.0 Å². The summed E-state index contributed by atoms with van der Waals surface area (Å²) < 4.78 is 89.9. The molecule has 2 aliphatic heterocycles. The highest BCUT2D eigenvalue weighted by Crippen LogP contribution is 2.50. The van der Waals surface area contributed by atoms with Crippen LogP contribution in [0.1, 0.15) is 130 Å². The van der Waals surface area contributed by atoms with Crippen molar-refractivity contribution in [2.75, 3.05) is 37.0 Å². The summed E-state index contributed by atoms with van der Waals surface area (Å²) in [5.74, 6) is 1.19. The monoisotopic (exact) mass is 1030 g/mol. The van der Waals surface area contributed by atoms with Crippen LogP contribution in [0.25, 0.3) is 5.57 Å². The van der Waals surface area contributed by atoms with Crippen molar-refractivity contribution < 1.29 is 44.3 Å². The number of pyridine rings is 1. The van der Waals surface area contributed by atoms with E-state index in [9.17, 15) is 25.9 Å². The van der Waals surface area contributed by atoms with E-state index in [1.165, 1.54) is 6.07 Å². The topological polar surface area (TPSA) is 183 Å². The summed E-state index contributed by atoms with van der Waals surface area (Å²) in [5, 5.41) is 9.09. The molecule has 6 rings (SSSR count). The van der Waals surface area contributed by atoms with E-state index < -0.39 is 39.6 Å². The normalized spacial score (nSPS) is 18.3. The van der Waals surface area contributed by atoms with Gasteiger partial charge in [0.2, 0.25) is 0 Å². The summed E-state index contributed by atoms with van der Waals surface area (Å²) in [5.41, 5.74) is 8.11. The fourth-order valence-electron chi connectivity index (χ4n) is 9.75. The number of aromatic nitrogens is 1. The number of anilines is 1. The van der Waals surface area contributed by atoms with Crippen LogP contribution in [0.15, 0.2) is 112 Å². The van der Waals surface area contributed by atoms with Crippen LogP contribution in [0.5, 0.6) is 5.75 Å². The molecule has 0 fully saturated rings. The minimum absolute atomic E-state index is 0.123. The molecular formula is C54H73N5O9PS2+. The Labute approximate surface area is 424 Å². The molecule has 17 heteroatoms. The predicted octanol–water partition coefficient (Wildman–Crippen LogP) is 11.5. The lowest BCUT2D eigenvalue weighted by molar-refractivity contribution is -0.684. The van der Waals surface area contributed by atoms with Gasteiger partial charge in [-0.3, -0.25) is 9.11 Å². The molecule has 0 amide bonds. The van der Waals surface area contributed by atoms with Gasteiger partial charge < -0.3 is 18.7 Å². The molecule has 384 valence electrons. The number of hydrogen-bond donors (Lipinski definition) is 2. The van der Waals surface area contributed by atoms with E-state index in [1.54, 1.807) is 12.1 Å². The fourth-order valence-corrected chi connectivity index (χ4v) is 12.4. The third-order valence-corrected chi connectivity index (χ3v) is 17.0. The first-order valence-electron chi connectivity index (χ1n) is 24.8. The first-order chi connectivity index (χ1) is 33.6. The lowest BCUT2D eigenvalue weighted by atomic mass is 9.80. The smallest absolute Gasteiger partial charge is 0.327 e. The lowest BCUT2D eigenvalue weighted by Gasteiger charge is -2.35. The Balaban J connectivity index is 1.32. The van der Waals surface area contributed by atoms with Gasteiger partial charge in [0.05, 0.1) is 66.7 Å². The zero-order valence-corrected chi connectivity index (χ0v) is 45.4. The van der Waals surface area contributed by atoms with Crippen molar-refractivity contribution in [2.24, 2.45) is 4.99 Å². The van der Waals surface area contributed by atoms with Crippen LogP contribution in [-0.2, 0) is 46.7 Å². The molecule has 1 aromatic heterocycles. The van der Waals surface area contributed by atoms with Crippen molar-refractivity contribution in [3.8, 4) is 11.8 Å². The molecule has 71 heavy (non-hydrogen) atoms. The maximum Gasteiger partial charge on any atom is 0.327 e. The van der Waals surface area contributed by atoms with Crippen LogP contribution < -0.4 is 14.2 Å². The molecule has 1 unspecified atom stereocenters. The molecule has 3 aromatic rings. The Morgan fingerprint density at radius 3 is 2.31 bits per heavy atom. The highest BCUT2D eigenvalue weighted by Gasteiger charge is 2.43. The highest BCUT2D eigenvalue weighted by molar-refractivity contribution is 7.86. The number of hydrogen-bond acceptors (Lipinski definition) is 11. The molecule has 1 atom stereocenters. The number of nitriles is 1. The van der Waals surface area contributed by atoms with Crippen molar-refractivity contribution >= 4 is 51.6 Å². The molecule has 2 N–H and O–H groups in total. The number of benzene rings is 2. The Kier molecular flexibility index (Phi) is 18.8. The molecule has 0 radical (unpaired) electrons. The third kappa shape index (κ3) is 13.7. The van der Waals surface area contributed by atoms with Gasteiger partial charge >= 0.3 is 5.82 Å². The van der Waals surface area contributed by atoms with Crippen molar-refractivity contribution in [2.45, 2.75) is 148 Å². The first kappa shape index (κ1) is 55.7. The van der Waals surface area contributed by atoms with Crippen LogP contribution in [0.4, 0.5) is 11.5 Å². The lowest BCUT2D eigenvalue weighted by Crippen LogP contribution is -2.35. The molecular weight excluding hydrogens is 958 g/mol. The number of ether oxygens (including phenoxy) is 1. The summed E-state index contributed by atoms with van der Waals surface area (Å²) in [6.45, 7) is 21.5. The molecule has 0 bridgehead atoms. The van der Waals surface area contributed by atoms with Crippen LogP contribution in [-0.4, -0.2) is 80.5 Å². The minimum atomic E-state index is -4.40. The molecule has 14 nitrogen and oxygen atoms in total. The van der Waals surface area contributed by atoms with E-state index in [0.717, 1.165) is 107 Å². The molecule has 3 heterocycles. The fraction of sp³-hybridized carbons (Fsp3) is 0.500. The number of aryl methyl sites for hydroxylation is 1. The Morgan fingerprint density at radius 2 is 1.62 bits per heavy atom. The van der Waals surface area contributed by atoms with Crippen LogP contribution in [0, 0.1) is 11.3 Å². The zero-order chi connectivity index (χ0) is 51.7. The second kappa shape index (κ2) is 24.0. The molecule has 3 aliphatic rings. The average molecular weight is 1030 g/mol. The van der Waals surface area contributed by atoms with Crippen molar-refractivity contribution in [3.05, 3.63) is 119 Å². The van der Waals surface area contributed by atoms with Crippen molar-refractivity contribution in [3.63, 3.8) is 0 Å². The minimum Gasteiger partial charge on any atom is -0.494 e. The maximum absolute atomic E-state index is 12.3. The second-order valence-electron chi connectivity index (χ2n) is 19.9. The van der Waals surface area contributed by atoms with E-state index in [4.69, 9.17) is 24.0 Å². The van der Waals surface area contributed by atoms with Crippen LogP contribution in [0.3, 0.4) is 0 Å². The van der Waals surface area contributed by atoms with Gasteiger partial charge in [-0.15, -0.1) is 0 Å². The van der Waals surface area contributed by atoms with Crippen molar-refractivity contribution in [1.82, 2.24) is 4.67 Å². The van der Waals surface area contributed by atoms with Gasteiger partial charge in [0.1, 0.15) is 5.75 Å². The summed E-state index contributed by atoms with van der Waals surface area (Å²) in [4.78, 5) is 7.27. The van der Waals surface area contributed by atoms with Gasteiger partial charge in [-0.25, -0.2) is 9.24 Å². The molecule has 2 aromatic carbocycles. The predicted molar refractivity (Wildman–Crippen MR) is 283 cm³/mol. The van der Waals surface area contributed by atoms with E-state index >= 15 is 0 Å². The van der Waals surface area contributed by atoms with Gasteiger partial charge in [0.15, 0.2) is 5.71 Å². The summed E-state index contributed by atoms with van der Waals surface area (Å²) in [7, 11) is -9.80. The first-order valence-corrected chi connectivity index (χ1v) is 29.0. The van der Waals surface area contributed by atoms with Gasteiger partial charge in [0.25, 0.3) is 28.8 Å². The summed E-state index contributed by atoms with van der Waals surface area (Å²) >= 11 is 0. The highest BCUT2D eigenvalue weighted by atomic mass is 32.2. The SMILES string of the molecule is CCCN1/C(=C/C=C2\CCCC(/C=C/C3=Nc4c(ccc[n+]4CCCS(=O)(=O)O)C3(C)C)=C2c2cccc(OCCCCOP(OCCC#N)N(C(C)C)C(C)C)c2)C(C)(C)c2cc(S(=O)(=O)O)ccc21. The number of allylic oxidation sites excluding steroid dienone is 8. The largest absolute Gasteiger partial charge is 0.494 e. The molecule has 0 saturated heterocycles. The van der Waals surface area contributed by atoms with Crippen LogP contribution in [0.2, 0.25) is 0 Å². The zero-order valence-electron chi connectivity index (χ0n) is 42.9. The van der Waals surface area contributed by atoms with E-state index in [2.05, 4.69) is 120 Å². The number of aliphatic imine (C=N–C) groups is 1. The summed E-state index contributed by atoms with van der Waals surface area (Å²) in [6.07, 6.45) is 16.1. The Hall–Kier alpha value is -4.56. The summed E-state index contributed by atoms with van der Waals surface area (Å²) in [6, 6.07) is 19.7. The van der Waals surface area contributed by atoms with Gasteiger partial charge in [0, 0.05) is 41.8 Å². The van der Waals surface area contributed by atoms with Gasteiger partial charge in [-0.1, -0.05) is 45.1 Å². The van der Waals surface area contributed by atoms with Crippen molar-refractivity contribution in [1.29, 1.82) is 5.26 Å². The number of fused-ring (bicyclic) bond motifs is 2. The number of nitrogens with zero attached hydrogens (tertiary/aromatic N) is 5. The Bertz CT molecular complexity index is 2820. The standard InChI is InChI=1S/C54H72N5O9PS2/c1-10-30-58-48-26-25-45(71(63,64)65)38-47(48)54(8,9)50(58)28-24-42-19-13-18-41(23-27-49-53(6,7)46-22-15-31-57(52(46)56-49)32-17-36-70(60,61)62)51(42)43-20-14-21-44(37-43)66-33-11-12-34-67-69(68-35-16-29-55)59(39(2)3)40(4)5/h14-15,20-28,31,37-40H,10-13,16-19,30,32-36H2,1-9H3,(H-,60,61,62,63,64,65)/p+1. The second-order valence-corrected chi connectivity index (χ2v) is 24.4. The van der Waals surface area contributed by atoms with Crippen LogP contribution >= 0.6 is 8.53 Å². The van der Waals surface area contributed by atoms with Gasteiger partial charge in [-0.05, 0) is 168 Å². The van der Waals surface area contributed by atoms with E-state index in [-0.39, 0.29) is 29.2 Å². The maximum atomic E-state index is 12.3. The number of rotatable bonds is 24. The Morgan fingerprint density at radius 1 is 0.887 bits per heavy atom. The average Bonchev–Trinajstić information content (AvgIpc) is 3.68. The molecule has 0 spiro atoms. The quantitative estimate of drug-likeness (QED) is 0.0375. The molecule has 1 aliphatic carbocycles. The number of unbranched alkanes of at least 4 members (excludes halogenated alkanes) is 1. The van der Waals surface area contributed by atoms with Gasteiger partial charge in [-0.2, -0.15) is 22.1 Å². The molecule has 0 saturated carbocycles.